The molecule has 2 aromatic carbocycles. The number of hydrogen-bond donors (Lipinski definition) is 2. The van der Waals surface area contributed by atoms with Crippen LogP contribution >= 0.6 is 21.6 Å². The lowest BCUT2D eigenvalue weighted by molar-refractivity contribution is -0.138. The van der Waals surface area contributed by atoms with Gasteiger partial charge >= 0.3 is 5.97 Å². The maximum atomic E-state index is 10.7. The fourth-order valence-corrected chi connectivity index (χ4v) is 3.64. The van der Waals surface area contributed by atoms with Crippen LogP contribution in [-0.2, 0) is 11.2 Å². The summed E-state index contributed by atoms with van der Waals surface area (Å²) in [6.07, 6.45) is 0.353. The Balaban J connectivity index is 1.90. The highest BCUT2D eigenvalue weighted by molar-refractivity contribution is 8.76. The van der Waals surface area contributed by atoms with Crippen LogP contribution in [0.15, 0.2) is 58.3 Å². The third-order valence-corrected chi connectivity index (χ3v) is 5.37. The summed E-state index contributed by atoms with van der Waals surface area (Å²) in [5.74, 6) is -0.969. The standard InChI is InChI=1S/C16H17NO2S2/c1-11-2-6-13(7-3-11)20-21-14-8-4-12(5-9-14)10-15(17)16(18)19/h2-9,15H,10,17H2,1H3,(H,18,19)/t15-/m0/s1. The van der Waals surface area contributed by atoms with E-state index in [2.05, 4.69) is 31.2 Å². The van der Waals surface area contributed by atoms with Gasteiger partial charge < -0.3 is 10.8 Å². The summed E-state index contributed by atoms with van der Waals surface area (Å²) < 4.78 is 0. The van der Waals surface area contributed by atoms with Crippen molar-refractivity contribution in [3.8, 4) is 0 Å². The minimum Gasteiger partial charge on any atom is -0.480 e. The molecule has 0 aromatic heterocycles. The second-order valence-electron chi connectivity index (χ2n) is 4.77. The van der Waals surface area contributed by atoms with Gasteiger partial charge in [0.2, 0.25) is 0 Å². The summed E-state index contributed by atoms with van der Waals surface area (Å²) in [5.41, 5.74) is 7.72. The zero-order valence-electron chi connectivity index (χ0n) is 11.7. The number of hydrogen-bond acceptors (Lipinski definition) is 4. The van der Waals surface area contributed by atoms with Crippen LogP contribution in [0.2, 0.25) is 0 Å². The molecule has 3 N–H and O–H groups in total. The van der Waals surface area contributed by atoms with Crippen molar-refractivity contribution in [1.29, 1.82) is 0 Å². The fraction of sp³-hybridized carbons (Fsp3) is 0.188. The van der Waals surface area contributed by atoms with E-state index in [1.807, 2.05) is 24.3 Å². The Morgan fingerprint density at radius 3 is 2.00 bits per heavy atom. The van der Waals surface area contributed by atoms with E-state index in [0.29, 0.717) is 6.42 Å². The van der Waals surface area contributed by atoms with Crippen LogP contribution in [-0.4, -0.2) is 17.1 Å². The first-order chi connectivity index (χ1) is 10.0. The first-order valence-electron chi connectivity index (χ1n) is 6.53. The van der Waals surface area contributed by atoms with E-state index in [4.69, 9.17) is 10.8 Å². The molecule has 0 aliphatic heterocycles. The van der Waals surface area contributed by atoms with Crippen LogP contribution in [0.25, 0.3) is 0 Å². The Morgan fingerprint density at radius 2 is 1.52 bits per heavy atom. The van der Waals surface area contributed by atoms with Gasteiger partial charge in [0.05, 0.1) is 0 Å². The van der Waals surface area contributed by atoms with Crippen LogP contribution < -0.4 is 5.73 Å². The number of nitrogens with two attached hydrogens (primary N) is 1. The number of aryl methyl sites for hydroxylation is 1. The van der Waals surface area contributed by atoms with Crippen LogP contribution in [0.4, 0.5) is 0 Å². The van der Waals surface area contributed by atoms with Gasteiger partial charge in [-0.1, -0.05) is 51.4 Å². The molecule has 0 bridgehead atoms. The zero-order chi connectivity index (χ0) is 15.2. The largest absolute Gasteiger partial charge is 0.480 e. The lowest BCUT2D eigenvalue weighted by Crippen LogP contribution is -2.32. The molecule has 0 radical (unpaired) electrons. The van der Waals surface area contributed by atoms with Gasteiger partial charge in [0.15, 0.2) is 0 Å². The first kappa shape index (κ1) is 15.9. The third kappa shape index (κ3) is 5.12. The van der Waals surface area contributed by atoms with Crippen molar-refractivity contribution in [1.82, 2.24) is 0 Å². The van der Waals surface area contributed by atoms with Crippen molar-refractivity contribution in [2.75, 3.05) is 0 Å². The van der Waals surface area contributed by atoms with Crippen LogP contribution in [0.5, 0.6) is 0 Å². The average Bonchev–Trinajstić information content (AvgIpc) is 2.48. The van der Waals surface area contributed by atoms with Gasteiger partial charge in [-0.15, -0.1) is 0 Å². The summed E-state index contributed by atoms with van der Waals surface area (Å²) in [4.78, 5) is 13.1. The molecule has 0 fully saturated rings. The van der Waals surface area contributed by atoms with Gasteiger partial charge in [-0.2, -0.15) is 0 Å². The number of carboxylic acids is 1. The Kier molecular flexibility index (Phi) is 5.73. The molecular weight excluding hydrogens is 302 g/mol. The Bertz CT molecular complexity index is 597. The molecule has 0 unspecified atom stereocenters. The fourth-order valence-electron chi connectivity index (χ4n) is 1.71. The summed E-state index contributed by atoms with van der Waals surface area (Å²) in [5, 5.41) is 8.80. The highest BCUT2D eigenvalue weighted by Crippen LogP contribution is 2.37. The van der Waals surface area contributed by atoms with Crippen molar-refractivity contribution in [2.45, 2.75) is 29.2 Å². The van der Waals surface area contributed by atoms with Crippen molar-refractivity contribution >= 4 is 27.6 Å². The van der Waals surface area contributed by atoms with Gasteiger partial charge in [-0.25, -0.2) is 0 Å². The SMILES string of the molecule is Cc1ccc(SSc2ccc(C[C@H](N)C(=O)O)cc2)cc1. The quantitative estimate of drug-likeness (QED) is 0.794. The second-order valence-corrected chi connectivity index (χ2v) is 7.05. The van der Waals surface area contributed by atoms with E-state index in [-0.39, 0.29) is 0 Å². The van der Waals surface area contributed by atoms with E-state index in [1.165, 1.54) is 10.5 Å². The van der Waals surface area contributed by atoms with Gasteiger partial charge in [0, 0.05) is 9.79 Å². The highest BCUT2D eigenvalue weighted by Gasteiger charge is 2.11. The molecule has 2 rings (SSSR count). The molecule has 5 heteroatoms. The van der Waals surface area contributed by atoms with Gasteiger partial charge in [-0.3, -0.25) is 4.79 Å². The molecular formula is C16H17NO2S2. The molecule has 21 heavy (non-hydrogen) atoms. The Hall–Kier alpha value is -1.43. The molecule has 0 saturated heterocycles. The van der Waals surface area contributed by atoms with Crippen molar-refractivity contribution in [3.05, 3.63) is 59.7 Å². The molecule has 0 aliphatic rings. The summed E-state index contributed by atoms with van der Waals surface area (Å²) in [6.45, 7) is 2.07. The average molecular weight is 319 g/mol. The van der Waals surface area contributed by atoms with Gasteiger partial charge in [-0.05, 0) is 43.2 Å². The lowest BCUT2D eigenvalue weighted by atomic mass is 10.1. The van der Waals surface area contributed by atoms with E-state index in [0.717, 1.165) is 10.5 Å². The zero-order valence-corrected chi connectivity index (χ0v) is 13.3. The summed E-state index contributed by atoms with van der Waals surface area (Å²) in [7, 11) is 3.39. The topological polar surface area (TPSA) is 63.3 Å². The number of rotatable bonds is 6. The Morgan fingerprint density at radius 1 is 1.05 bits per heavy atom. The summed E-state index contributed by atoms with van der Waals surface area (Å²) in [6, 6.07) is 15.4. The predicted octanol–water partition coefficient (Wildman–Crippen LogP) is 3.75. The molecule has 0 spiro atoms. The smallest absolute Gasteiger partial charge is 0.320 e. The minimum absolute atomic E-state index is 0.353. The first-order valence-corrected chi connectivity index (χ1v) is 8.68. The monoisotopic (exact) mass is 319 g/mol. The lowest BCUT2D eigenvalue weighted by Gasteiger charge is -2.07. The van der Waals surface area contributed by atoms with Crippen molar-refractivity contribution < 1.29 is 9.90 Å². The molecule has 110 valence electrons. The van der Waals surface area contributed by atoms with Crippen LogP contribution in [0.1, 0.15) is 11.1 Å². The van der Waals surface area contributed by atoms with E-state index in [1.54, 1.807) is 21.6 Å². The number of carboxylic acid groups (broad SMARTS) is 1. The van der Waals surface area contributed by atoms with Gasteiger partial charge in [0.25, 0.3) is 0 Å². The van der Waals surface area contributed by atoms with Crippen molar-refractivity contribution in [3.63, 3.8) is 0 Å². The molecule has 0 amide bonds. The number of aliphatic carboxylic acids is 1. The maximum Gasteiger partial charge on any atom is 0.320 e. The Labute approximate surface area is 132 Å². The predicted molar refractivity (Wildman–Crippen MR) is 88.7 cm³/mol. The molecule has 2 aromatic rings. The third-order valence-electron chi connectivity index (χ3n) is 2.95. The normalized spacial score (nSPS) is 12.1. The van der Waals surface area contributed by atoms with E-state index in [9.17, 15) is 4.79 Å². The second kappa shape index (κ2) is 7.54. The molecule has 0 heterocycles. The van der Waals surface area contributed by atoms with Crippen LogP contribution in [0.3, 0.4) is 0 Å². The number of benzene rings is 2. The summed E-state index contributed by atoms with van der Waals surface area (Å²) >= 11 is 0. The molecule has 3 nitrogen and oxygen atoms in total. The maximum absolute atomic E-state index is 10.7. The molecule has 0 aliphatic carbocycles. The van der Waals surface area contributed by atoms with E-state index >= 15 is 0 Å². The number of carbonyl (C=O) groups is 1. The minimum atomic E-state index is -0.969. The van der Waals surface area contributed by atoms with Crippen LogP contribution in [0, 0.1) is 6.92 Å². The van der Waals surface area contributed by atoms with Gasteiger partial charge in [0.1, 0.15) is 6.04 Å². The van der Waals surface area contributed by atoms with Crippen molar-refractivity contribution in [2.24, 2.45) is 5.73 Å². The van der Waals surface area contributed by atoms with E-state index < -0.39 is 12.0 Å². The molecule has 1 atom stereocenters. The highest BCUT2D eigenvalue weighted by atomic mass is 33.1. The molecule has 0 saturated carbocycles.